The second kappa shape index (κ2) is 5.08. The number of hydrogen-bond acceptors (Lipinski definition) is 3. The summed E-state index contributed by atoms with van der Waals surface area (Å²) in [6, 6.07) is 9.11. The second-order valence-corrected chi connectivity index (χ2v) is 6.64. The highest BCUT2D eigenvalue weighted by molar-refractivity contribution is 7.12. The predicted molar refractivity (Wildman–Crippen MR) is 81.4 cm³/mol. The lowest BCUT2D eigenvalue weighted by molar-refractivity contribution is 0.645. The molecule has 3 rings (SSSR count). The zero-order valence-electron chi connectivity index (χ0n) is 11.5. The third-order valence-electron chi connectivity index (χ3n) is 3.79. The van der Waals surface area contributed by atoms with Crippen LogP contribution in [0.3, 0.4) is 0 Å². The molecule has 1 aromatic carbocycles. The highest BCUT2D eigenvalue weighted by Crippen LogP contribution is 2.36. The van der Waals surface area contributed by atoms with Crippen molar-refractivity contribution in [1.29, 1.82) is 0 Å². The molecule has 3 heteroatoms. The Morgan fingerprint density at radius 1 is 1.11 bits per heavy atom. The molecule has 1 aromatic heterocycles. The number of aryl methyl sites for hydroxylation is 4. The summed E-state index contributed by atoms with van der Waals surface area (Å²) in [5.41, 5.74) is 8.37. The molecule has 0 spiro atoms. The SMILES string of the molecule is Cc1cc(C)cc(C(NN)c2cc3c(s2)CCC3)c1. The van der Waals surface area contributed by atoms with E-state index < -0.39 is 0 Å². The van der Waals surface area contributed by atoms with Crippen LogP contribution < -0.4 is 11.3 Å². The first kappa shape index (κ1) is 12.9. The maximum Gasteiger partial charge on any atom is 0.0802 e. The maximum absolute atomic E-state index is 5.81. The molecule has 1 aliphatic carbocycles. The molecule has 0 saturated carbocycles. The third-order valence-corrected chi connectivity index (χ3v) is 5.10. The molecule has 100 valence electrons. The fraction of sp³-hybridized carbons (Fsp3) is 0.375. The van der Waals surface area contributed by atoms with Crippen LogP contribution in [0.1, 0.15) is 44.5 Å². The molecule has 0 radical (unpaired) electrons. The van der Waals surface area contributed by atoms with Crippen LogP contribution in [-0.4, -0.2) is 0 Å². The van der Waals surface area contributed by atoms with Crippen molar-refractivity contribution < 1.29 is 0 Å². The lowest BCUT2D eigenvalue weighted by Gasteiger charge is -2.16. The first-order valence-corrected chi connectivity index (χ1v) is 7.65. The van der Waals surface area contributed by atoms with E-state index >= 15 is 0 Å². The van der Waals surface area contributed by atoms with Gasteiger partial charge in [0.15, 0.2) is 0 Å². The smallest absolute Gasteiger partial charge is 0.0802 e. The van der Waals surface area contributed by atoms with Gasteiger partial charge in [0, 0.05) is 9.75 Å². The van der Waals surface area contributed by atoms with Gasteiger partial charge in [-0.05, 0) is 50.3 Å². The van der Waals surface area contributed by atoms with Gasteiger partial charge in [0.05, 0.1) is 6.04 Å². The van der Waals surface area contributed by atoms with E-state index in [9.17, 15) is 0 Å². The van der Waals surface area contributed by atoms with Crippen LogP contribution in [0.25, 0.3) is 0 Å². The average Bonchev–Trinajstić information content (AvgIpc) is 2.89. The van der Waals surface area contributed by atoms with Crippen LogP contribution in [0.2, 0.25) is 0 Å². The molecule has 19 heavy (non-hydrogen) atoms. The molecule has 2 nitrogen and oxygen atoms in total. The number of nitrogens with one attached hydrogen (secondary N) is 1. The predicted octanol–water partition coefficient (Wildman–Crippen LogP) is 3.41. The number of thiophene rings is 1. The van der Waals surface area contributed by atoms with Gasteiger partial charge in [0.25, 0.3) is 0 Å². The Balaban J connectivity index is 1.99. The van der Waals surface area contributed by atoms with E-state index in [1.165, 1.54) is 46.4 Å². The summed E-state index contributed by atoms with van der Waals surface area (Å²) in [4.78, 5) is 2.90. The van der Waals surface area contributed by atoms with Crippen LogP contribution in [0.4, 0.5) is 0 Å². The Hall–Kier alpha value is -1.16. The van der Waals surface area contributed by atoms with Crippen molar-refractivity contribution in [3.05, 3.63) is 56.3 Å². The van der Waals surface area contributed by atoms with Crippen molar-refractivity contribution in [2.24, 2.45) is 5.84 Å². The molecule has 1 atom stereocenters. The van der Waals surface area contributed by atoms with Gasteiger partial charge in [-0.1, -0.05) is 29.3 Å². The third kappa shape index (κ3) is 2.46. The summed E-state index contributed by atoms with van der Waals surface area (Å²) in [6.45, 7) is 4.27. The first-order chi connectivity index (χ1) is 9.17. The highest BCUT2D eigenvalue weighted by atomic mass is 32.1. The molecule has 0 aliphatic heterocycles. The van der Waals surface area contributed by atoms with Gasteiger partial charge in [0.2, 0.25) is 0 Å². The summed E-state index contributed by atoms with van der Waals surface area (Å²) in [5, 5.41) is 0. The Morgan fingerprint density at radius 3 is 2.47 bits per heavy atom. The van der Waals surface area contributed by atoms with E-state index in [-0.39, 0.29) is 6.04 Å². The number of nitrogens with two attached hydrogens (primary N) is 1. The quantitative estimate of drug-likeness (QED) is 0.664. The fourth-order valence-corrected chi connectivity index (χ4v) is 4.36. The number of rotatable bonds is 3. The molecule has 1 aliphatic rings. The Morgan fingerprint density at radius 2 is 1.84 bits per heavy atom. The van der Waals surface area contributed by atoms with Crippen LogP contribution in [-0.2, 0) is 12.8 Å². The molecule has 0 fully saturated rings. The van der Waals surface area contributed by atoms with Crippen molar-refractivity contribution in [3.8, 4) is 0 Å². The highest BCUT2D eigenvalue weighted by Gasteiger charge is 2.20. The minimum absolute atomic E-state index is 0.120. The summed E-state index contributed by atoms with van der Waals surface area (Å²) in [5.74, 6) is 5.81. The van der Waals surface area contributed by atoms with Gasteiger partial charge >= 0.3 is 0 Å². The normalized spacial score (nSPS) is 15.5. The maximum atomic E-state index is 5.81. The van der Waals surface area contributed by atoms with Crippen LogP contribution in [0, 0.1) is 13.8 Å². The molecule has 0 amide bonds. The van der Waals surface area contributed by atoms with E-state index in [0.29, 0.717) is 0 Å². The number of benzene rings is 1. The molecule has 0 bridgehead atoms. The van der Waals surface area contributed by atoms with Crippen molar-refractivity contribution >= 4 is 11.3 Å². The van der Waals surface area contributed by atoms with Gasteiger partial charge in [-0.3, -0.25) is 5.84 Å². The van der Waals surface area contributed by atoms with Crippen LogP contribution in [0.5, 0.6) is 0 Å². The number of fused-ring (bicyclic) bond motifs is 1. The fourth-order valence-electron chi connectivity index (χ4n) is 3.01. The zero-order valence-corrected chi connectivity index (χ0v) is 12.3. The number of hydrogen-bond donors (Lipinski definition) is 2. The number of hydrazine groups is 1. The first-order valence-electron chi connectivity index (χ1n) is 6.83. The van der Waals surface area contributed by atoms with Gasteiger partial charge < -0.3 is 0 Å². The average molecular weight is 272 g/mol. The van der Waals surface area contributed by atoms with E-state index in [1.54, 1.807) is 4.88 Å². The van der Waals surface area contributed by atoms with Crippen molar-refractivity contribution in [2.75, 3.05) is 0 Å². The van der Waals surface area contributed by atoms with Crippen molar-refractivity contribution in [2.45, 2.75) is 39.2 Å². The van der Waals surface area contributed by atoms with Crippen LogP contribution >= 0.6 is 11.3 Å². The Bertz CT molecular complexity index is 559. The lowest BCUT2D eigenvalue weighted by Crippen LogP contribution is -2.28. The van der Waals surface area contributed by atoms with E-state index in [4.69, 9.17) is 5.84 Å². The van der Waals surface area contributed by atoms with E-state index in [0.717, 1.165) is 0 Å². The van der Waals surface area contributed by atoms with Crippen molar-refractivity contribution in [1.82, 2.24) is 5.43 Å². The standard InChI is InChI=1S/C16H20N2S/c1-10-6-11(2)8-13(7-10)16(18-17)15-9-12-4-3-5-14(12)19-15/h6-9,16,18H,3-5,17H2,1-2H3. The monoisotopic (exact) mass is 272 g/mol. The molecule has 1 heterocycles. The van der Waals surface area contributed by atoms with Gasteiger partial charge in [-0.2, -0.15) is 0 Å². The molecule has 1 unspecified atom stereocenters. The molecule has 3 N–H and O–H groups in total. The molecule has 2 aromatic rings. The summed E-state index contributed by atoms with van der Waals surface area (Å²) in [6.07, 6.45) is 3.78. The largest absolute Gasteiger partial charge is 0.271 e. The van der Waals surface area contributed by atoms with Crippen LogP contribution in [0.15, 0.2) is 24.3 Å². The molecule has 0 saturated heterocycles. The summed E-state index contributed by atoms with van der Waals surface area (Å²) >= 11 is 1.92. The molecular formula is C16H20N2S. The van der Waals surface area contributed by atoms with Crippen molar-refractivity contribution in [3.63, 3.8) is 0 Å². The lowest BCUT2D eigenvalue weighted by atomic mass is 10.0. The second-order valence-electron chi connectivity index (χ2n) is 5.47. The summed E-state index contributed by atoms with van der Waals surface area (Å²) < 4.78 is 0. The van der Waals surface area contributed by atoms with Gasteiger partial charge in [-0.25, -0.2) is 5.43 Å². The Kier molecular flexibility index (Phi) is 3.44. The Labute approximate surface area is 118 Å². The van der Waals surface area contributed by atoms with E-state index in [1.807, 2.05) is 11.3 Å². The topological polar surface area (TPSA) is 38.0 Å². The zero-order chi connectivity index (χ0) is 13.4. The van der Waals surface area contributed by atoms with Gasteiger partial charge in [-0.15, -0.1) is 11.3 Å². The minimum atomic E-state index is 0.120. The van der Waals surface area contributed by atoms with Gasteiger partial charge in [0.1, 0.15) is 0 Å². The summed E-state index contributed by atoms with van der Waals surface area (Å²) in [7, 11) is 0. The molecular weight excluding hydrogens is 252 g/mol. The minimum Gasteiger partial charge on any atom is -0.271 e. The van der Waals surface area contributed by atoms with E-state index in [2.05, 4.69) is 43.5 Å².